The first-order chi connectivity index (χ1) is 25.9. The van der Waals surface area contributed by atoms with Crippen LogP contribution >= 0.6 is 0 Å². The van der Waals surface area contributed by atoms with Crippen LogP contribution in [0.25, 0.3) is 0 Å². The van der Waals surface area contributed by atoms with Gasteiger partial charge in [0.2, 0.25) is 11.8 Å². The number of amides is 2. The van der Waals surface area contributed by atoms with E-state index in [1.165, 1.54) is 57.4 Å². The molecule has 0 saturated carbocycles. The van der Waals surface area contributed by atoms with Crippen LogP contribution < -0.4 is 10.6 Å². The minimum absolute atomic E-state index is 0.0876. The monoisotopic (exact) mass is 760 g/mol. The SMILES string of the molecule is CCCCCCCCCCCCCC[C@@H](O)[C@@H](O)[C@H](CO[C@H]1OC(CNC(=O)Cc2ccc(C)cc2)[C@H](O)[C@H](O)C1O)NC(=O)Cc1ccc(C)c(F)c1. The summed E-state index contributed by atoms with van der Waals surface area (Å²) < 4.78 is 25.7. The molecule has 0 radical (unpaired) electrons. The summed E-state index contributed by atoms with van der Waals surface area (Å²) in [4.78, 5) is 25.7. The van der Waals surface area contributed by atoms with Crippen LogP contribution in [-0.2, 0) is 31.9 Å². The Balaban J connectivity index is 1.55. The lowest BCUT2D eigenvalue weighted by Gasteiger charge is -2.41. The van der Waals surface area contributed by atoms with Crippen molar-refractivity contribution in [3.63, 3.8) is 0 Å². The Bertz CT molecular complexity index is 1380. The maximum absolute atomic E-state index is 14.2. The van der Waals surface area contributed by atoms with E-state index in [1.807, 2.05) is 31.2 Å². The van der Waals surface area contributed by atoms with Gasteiger partial charge in [-0.1, -0.05) is 126 Å². The van der Waals surface area contributed by atoms with Crippen LogP contribution in [0.4, 0.5) is 4.39 Å². The average Bonchev–Trinajstić information content (AvgIpc) is 3.15. The van der Waals surface area contributed by atoms with Gasteiger partial charge >= 0.3 is 0 Å². The van der Waals surface area contributed by atoms with Gasteiger partial charge in [-0.3, -0.25) is 9.59 Å². The topological polar surface area (TPSA) is 178 Å². The molecule has 11 nitrogen and oxygen atoms in total. The van der Waals surface area contributed by atoms with Crippen LogP contribution in [0.3, 0.4) is 0 Å². The molecule has 1 heterocycles. The van der Waals surface area contributed by atoms with Gasteiger partial charge in [0.25, 0.3) is 0 Å². The minimum atomic E-state index is -1.70. The van der Waals surface area contributed by atoms with E-state index >= 15 is 0 Å². The summed E-state index contributed by atoms with van der Waals surface area (Å²) in [5.41, 5.74) is 2.70. The lowest BCUT2D eigenvalue weighted by molar-refractivity contribution is -0.297. The normalized spacial score (nSPS) is 21.7. The Morgan fingerprint density at radius 3 is 1.96 bits per heavy atom. The summed E-state index contributed by atoms with van der Waals surface area (Å²) >= 11 is 0. The first-order valence-corrected chi connectivity index (χ1v) is 19.9. The number of hydrogen-bond donors (Lipinski definition) is 7. The van der Waals surface area contributed by atoms with Gasteiger partial charge in [-0.2, -0.15) is 0 Å². The zero-order valence-electron chi connectivity index (χ0n) is 32.4. The average molecular weight is 761 g/mol. The predicted molar refractivity (Wildman–Crippen MR) is 205 cm³/mol. The largest absolute Gasteiger partial charge is 0.390 e. The summed E-state index contributed by atoms with van der Waals surface area (Å²) in [6.45, 7) is 5.14. The highest BCUT2D eigenvalue weighted by atomic mass is 19.1. The standard InChI is InChI=1S/C42H65FN2O9/c1-4-5-6-7-8-9-10-11-12-13-14-15-16-34(46)38(49)33(45-37(48)25-31-22-19-29(3)32(43)23-31)27-53-42-41(52)40(51)39(50)35(54-42)26-44-36(47)24-30-20-17-28(2)18-21-30/h17-23,33-35,38-42,46,49-52H,4-16,24-27H2,1-3H3,(H,44,47)(H,45,48)/t33-,34+,35?,38-,39-,40-,41?,42-/m0/s1. The van der Waals surface area contributed by atoms with Crippen molar-refractivity contribution >= 4 is 11.8 Å². The number of aliphatic hydroxyl groups is 5. The number of aliphatic hydroxyl groups excluding tert-OH is 5. The van der Waals surface area contributed by atoms with Gasteiger partial charge in [-0.25, -0.2) is 4.39 Å². The van der Waals surface area contributed by atoms with Crippen molar-refractivity contribution in [2.24, 2.45) is 0 Å². The number of carbonyl (C=O) groups excluding carboxylic acids is 2. The first-order valence-electron chi connectivity index (χ1n) is 19.9. The van der Waals surface area contributed by atoms with Crippen LogP contribution in [0.1, 0.15) is 113 Å². The van der Waals surface area contributed by atoms with Crippen molar-refractivity contribution in [2.75, 3.05) is 13.2 Å². The highest BCUT2D eigenvalue weighted by molar-refractivity contribution is 5.79. The molecule has 304 valence electrons. The quantitative estimate of drug-likeness (QED) is 0.0720. The lowest BCUT2D eigenvalue weighted by atomic mass is 9.98. The van der Waals surface area contributed by atoms with Gasteiger partial charge in [-0.15, -0.1) is 0 Å². The molecule has 2 aromatic rings. The van der Waals surface area contributed by atoms with Crippen molar-refractivity contribution in [1.82, 2.24) is 10.6 Å². The number of halogens is 1. The van der Waals surface area contributed by atoms with Crippen LogP contribution in [0, 0.1) is 19.7 Å². The smallest absolute Gasteiger partial charge is 0.224 e. The second-order valence-electron chi connectivity index (χ2n) is 15.0. The molecule has 7 N–H and O–H groups in total. The van der Waals surface area contributed by atoms with E-state index in [2.05, 4.69) is 17.6 Å². The molecular formula is C42H65FN2O9. The molecule has 0 aliphatic carbocycles. The third kappa shape index (κ3) is 16.0. The zero-order chi connectivity index (χ0) is 39.5. The fraction of sp³-hybridized carbons (Fsp3) is 0.667. The summed E-state index contributed by atoms with van der Waals surface area (Å²) in [6.07, 6.45) is 3.72. The third-order valence-corrected chi connectivity index (χ3v) is 10.2. The molecule has 0 spiro atoms. The van der Waals surface area contributed by atoms with Crippen molar-refractivity contribution in [1.29, 1.82) is 0 Å². The molecule has 2 unspecified atom stereocenters. The second-order valence-corrected chi connectivity index (χ2v) is 15.0. The number of carbonyl (C=O) groups is 2. The van der Waals surface area contributed by atoms with Gasteiger partial charge in [0.1, 0.15) is 36.3 Å². The van der Waals surface area contributed by atoms with Crippen molar-refractivity contribution < 1.29 is 49.0 Å². The number of ether oxygens (including phenoxy) is 2. The highest BCUT2D eigenvalue weighted by Gasteiger charge is 2.45. The summed E-state index contributed by atoms with van der Waals surface area (Å²) in [6, 6.07) is 10.7. The van der Waals surface area contributed by atoms with E-state index in [0.717, 1.165) is 30.4 Å². The van der Waals surface area contributed by atoms with Crippen LogP contribution in [0.15, 0.2) is 42.5 Å². The molecule has 12 heteroatoms. The number of rotatable bonds is 25. The van der Waals surface area contributed by atoms with E-state index in [1.54, 1.807) is 19.1 Å². The number of nitrogens with one attached hydrogen (secondary N) is 2. The fourth-order valence-electron chi connectivity index (χ4n) is 6.64. The van der Waals surface area contributed by atoms with Gasteiger partial charge in [-0.05, 0) is 43.0 Å². The van der Waals surface area contributed by atoms with E-state index in [-0.39, 0.29) is 31.7 Å². The van der Waals surface area contributed by atoms with Crippen molar-refractivity contribution in [3.8, 4) is 0 Å². The molecule has 2 aromatic carbocycles. The molecule has 8 atom stereocenters. The van der Waals surface area contributed by atoms with Crippen LogP contribution in [-0.4, -0.2) is 99.5 Å². The highest BCUT2D eigenvalue weighted by Crippen LogP contribution is 2.23. The predicted octanol–water partition coefficient (Wildman–Crippen LogP) is 4.47. The summed E-state index contributed by atoms with van der Waals surface area (Å²) in [7, 11) is 0. The molecular weight excluding hydrogens is 695 g/mol. The second kappa shape index (κ2) is 24.5. The zero-order valence-corrected chi connectivity index (χ0v) is 32.4. The van der Waals surface area contributed by atoms with E-state index in [0.29, 0.717) is 17.5 Å². The minimum Gasteiger partial charge on any atom is -0.390 e. The maximum atomic E-state index is 14.2. The number of hydrogen-bond acceptors (Lipinski definition) is 9. The molecule has 0 aromatic heterocycles. The van der Waals surface area contributed by atoms with E-state index < -0.39 is 67.3 Å². The third-order valence-electron chi connectivity index (χ3n) is 10.2. The van der Waals surface area contributed by atoms with Crippen molar-refractivity contribution in [2.45, 2.75) is 166 Å². The Morgan fingerprint density at radius 2 is 1.35 bits per heavy atom. The molecule has 3 rings (SSSR count). The lowest BCUT2D eigenvalue weighted by Crippen LogP contribution is -2.61. The summed E-state index contributed by atoms with van der Waals surface area (Å²) in [5, 5.41) is 59.5. The van der Waals surface area contributed by atoms with Gasteiger partial charge in [0, 0.05) is 6.54 Å². The molecule has 2 amide bonds. The number of benzene rings is 2. The Morgan fingerprint density at radius 1 is 0.778 bits per heavy atom. The van der Waals surface area contributed by atoms with Gasteiger partial charge in [0.05, 0.1) is 31.6 Å². The van der Waals surface area contributed by atoms with Crippen LogP contribution in [0.2, 0.25) is 0 Å². The van der Waals surface area contributed by atoms with Crippen molar-refractivity contribution in [3.05, 3.63) is 70.5 Å². The number of unbranched alkanes of at least 4 members (excludes halogenated alkanes) is 11. The van der Waals surface area contributed by atoms with Gasteiger partial charge in [0.15, 0.2) is 6.29 Å². The summed E-state index contributed by atoms with van der Waals surface area (Å²) in [5.74, 6) is -1.35. The Kier molecular flexibility index (Phi) is 20.6. The molecule has 1 aliphatic heterocycles. The van der Waals surface area contributed by atoms with Crippen LogP contribution in [0.5, 0.6) is 0 Å². The van der Waals surface area contributed by atoms with Gasteiger partial charge < -0.3 is 45.6 Å². The first kappa shape index (κ1) is 45.4. The maximum Gasteiger partial charge on any atom is 0.224 e. The number of aryl methyl sites for hydroxylation is 2. The fourth-order valence-corrected chi connectivity index (χ4v) is 6.64. The van der Waals surface area contributed by atoms with E-state index in [9.17, 15) is 39.5 Å². The molecule has 1 fully saturated rings. The van der Waals surface area contributed by atoms with E-state index in [4.69, 9.17) is 9.47 Å². The molecule has 0 bridgehead atoms. The Labute approximate surface area is 320 Å². The molecule has 1 aliphatic rings. The Hall–Kier alpha value is -2.97. The molecule has 1 saturated heterocycles. The molecule has 54 heavy (non-hydrogen) atoms.